The van der Waals surface area contributed by atoms with Crippen LogP contribution in [0.4, 0.5) is 13.2 Å². The van der Waals surface area contributed by atoms with E-state index in [0.717, 1.165) is 17.9 Å². The Labute approximate surface area is 119 Å². The molecule has 0 radical (unpaired) electrons. The lowest BCUT2D eigenvalue weighted by molar-refractivity contribution is -0.189. The van der Waals surface area contributed by atoms with Gasteiger partial charge in [0.2, 0.25) is 0 Å². The molecule has 0 aromatic heterocycles. The van der Waals surface area contributed by atoms with E-state index in [-0.39, 0.29) is 11.8 Å². The molecule has 0 bridgehead atoms. The highest BCUT2D eigenvalue weighted by Gasteiger charge is 2.38. The van der Waals surface area contributed by atoms with E-state index in [1.807, 2.05) is 13.8 Å². The summed E-state index contributed by atoms with van der Waals surface area (Å²) in [4.78, 5) is 0. The largest absolute Gasteiger partial charge is 0.481 e. The van der Waals surface area contributed by atoms with E-state index in [9.17, 15) is 13.2 Å². The lowest BCUT2D eigenvalue weighted by Crippen LogP contribution is -2.32. The average Bonchev–Trinajstić information content (AvgIpc) is 2.30. The highest BCUT2D eigenvalue weighted by atomic mass is 79.9. The Balaban J connectivity index is 3.00. The van der Waals surface area contributed by atoms with Crippen LogP contribution < -0.4 is 10.1 Å². The van der Waals surface area contributed by atoms with Gasteiger partial charge in [-0.05, 0) is 38.6 Å². The summed E-state index contributed by atoms with van der Waals surface area (Å²) in [5.74, 6) is 0.251. The first-order valence-electron chi connectivity index (χ1n) is 6.02. The summed E-state index contributed by atoms with van der Waals surface area (Å²) >= 11 is 3.32. The van der Waals surface area contributed by atoms with E-state index in [2.05, 4.69) is 21.2 Å². The van der Waals surface area contributed by atoms with Gasteiger partial charge < -0.3 is 10.1 Å². The lowest BCUT2D eigenvalue weighted by atomic mass is 10.1. The highest BCUT2D eigenvalue weighted by Crippen LogP contribution is 2.32. The molecule has 2 atom stereocenters. The van der Waals surface area contributed by atoms with Gasteiger partial charge >= 0.3 is 6.18 Å². The molecule has 19 heavy (non-hydrogen) atoms. The molecule has 2 nitrogen and oxygen atoms in total. The van der Waals surface area contributed by atoms with Gasteiger partial charge in [0, 0.05) is 16.1 Å². The standard InChI is InChI=1S/C13H17BrF3NO/c1-4-18-8(2)11-7-10(14)5-6-12(11)19-9(3)13(15,16)17/h5-9,18H,4H2,1-3H3. The zero-order chi connectivity index (χ0) is 14.6. The molecule has 0 heterocycles. The van der Waals surface area contributed by atoms with Crippen molar-refractivity contribution >= 4 is 15.9 Å². The van der Waals surface area contributed by atoms with Crippen LogP contribution >= 0.6 is 15.9 Å². The van der Waals surface area contributed by atoms with E-state index in [1.54, 1.807) is 18.2 Å². The van der Waals surface area contributed by atoms with Crippen LogP contribution in [0.3, 0.4) is 0 Å². The lowest BCUT2D eigenvalue weighted by Gasteiger charge is -2.22. The van der Waals surface area contributed by atoms with Gasteiger partial charge in [0.1, 0.15) is 5.75 Å². The van der Waals surface area contributed by atoms with Crippen LogP contribution in [0.2, 0.25) is 0 Å². The molecular weight excluding hydrogens is 323 g/mol. The van der Waals surface area contributed by atoms with Gasteiger partial charge in [-0.1, -0.05) is 22.9 Å². The topological polar surface area (TPSA) is 21.3 Å². The average molecular weight is 340 g/mol. The number of rotatable bonds is 5. The summed E-state index contributed by atoms with van der Waals surface area (Å²) in [7, 11) is 0. The van der Waals surface area contributed by atoms with Crippen molar-refractivity contribution in [3.8, 4) is 5.75 Å². The van der Waals surface area contributed by atoms with E-state index in [4.69, 9.17) is 4.74 Å². The molecule has 1 rings (SSSR count). The number of hydrogen-bond acceptors (Lipinski definition) is 2. The van der Waals surface area contributed by atoms with Gasteiger partial charge in [-0.25, -0.2) is 0 Å². The summed E-state index contributed by atoms with van der Waals surface area (Å²) in [5, 5.41) is 3.16. The number of ether oxygens (including phenoxy) is 1. The monoisotopic (exact) mass is 339 g/mol. The van der Waals surface area contributed by atoms with Gasteiger partial charge in [0.25, 0.3) is 0 Å². The molecule has 0 saturated carbocycles. The Morgan fingerprint density at radius 3 is 2.47 bits per heavy atom. The predicted octanol–water partition coefficient (Wildman–Crippen LogP) is 4.45. The molecule has 1 aromatic carbocycles. The molecule has 0 amide bonds. The molecular formula is C13H17BrF3NO. The Kier molecular flexibility index (Phi) is 5.67. The van der Waals surface area contributed by atoms with Crippen LogP contribution in [0.25, 0.3) is 0 Å². The zero-order valence-electron chi connectivity index (χ0n) is 11.0. The number of hydrogen-bond donors (Lipinski definition) is 1. The summed E-state index contributed by atoms with van der Waals surface area (Å²) in [6.07, 6.45) is -6.20. The van der Waals surface area contributed by atoms with Crippen molar-refractivity contribution in [1.29, 1.82) is 0 Å². The van der Waals surface area contributed by atoms with Crippen molar-refractivity contribution in [1.82, 2.24) is 5.32 Å². The quantitative estimate of drug-likeness (QED) is 0.855. The molecule has 0 saturated heterocycles. The second-order valence-electron chi connectivity index (χ2n) is 4.26. The van der Waals surface area contributed by atoms with E-state index in [0.29, 0.717) is 5.56 Å². The molecule has 108 valence electrons. The number of halogens is 4. The van der Waals surface area contributed by atoms with Crippen LogP contribution in [0.5, 0.6) is 5.75 Å². The number of alkyl halides is 3. The normalized spacial score (nSPS) is 15.1. The molecule has 1 aromatic rings. The molecule has 6 heteroatoms. The summed E-state index contributed by atoms with van der Waals surface area (Å²) in [6, 6.07) is 4.90. The first-order valence-corrected chi connectivity index (χ1v) is 6.81. The van der Waals surface area contributed by atoms with Crippen molar-refractivity contribution in [2.45, 2.75) is 39.1 Å². The van der Waals surface area contributed by atoms with Crippen molar-refractivity contribution in [3.05, 3.63) is 28.2 Å². The summed E-state index contributed by atoms with van der Waals surface area (Å²) in [5.41, 5.74) is 0.701. The smallest absolute Gasteiger partial charge is 0.425 e. The van der Waals surface area contributed by atoms with Crippen LogP contribution in [0, 0.1) is 0 Å². The summed E-state index contributed by atoms with van der Waals surface area (Å²) in [6.45, 7) is 5.55. The highest BCUT2D eigenvalue weighted by molar-refractivity contribution is 9.10. The minimum Gasteiger partial charge on any atom is -0.481 e. The van der Waals surface area contributed by atoms with Crippen molar-refractivity contribution < 1.29 is 17.9 Å². The molecule has 1 N–H and O–H groups in total. The predicted molar refractivity (Wildman–Crippen MR) is 72.4 cm³/mol. The first kappa shape index (κ1) is 16.3. The van der Waals surface area contributed by atoms with Crippen LogP contribution in [-0.4, -0.2) is 18.8 Å². The minimum atomic E-state index is -4.37. The molecule has 0 spiro atoms. The maximum atomic E-state index is 12.5. The second-order valence-corrected chi connectivity index (χ2v) is 5.18. The Morgan fingerprint density at radius 2 is 1.95 bits per heavy atom. The Morgan fingerprint density at radius 1 is 1.32 bits per heavy atom. The molecule has 2 unspecified atom stereocenters. The minimum absolute atomic E-state index is 0.0852. The molecule has 0 fully saturated rings. The van der Waals surface area contributed by atoms with Crippen LogP contribution in [0.15, 0.2) is 22.7 Å². The van der Waals surface area contributed by atoms with E-state index >= 15 is 0 Å². The van der Waals surface area contributed by atoms with Crippen LogP contribution in [-0.2, 0) is 0 Å². The first-order chi connectivity index (χ1) is 8.75. The zero-order valence-corrected chi connectivity index (χ0v) is 12.6. The summed E-state index contributed by atoms with van der Waals surface area (Å²) < 4.78 is 43.5. The SMILES string of the molecule is CCNC(C)c1cc(Br)ccc1OC(C)C(F)(F)F. The van der Waals surface area contributed by atoms with Gasteiger partial charge in [-0.3, -0.25) is 0 Å². The number of benzene rings is 1. The van der Waals surface area contributed by atoms with Gasteiger partial charge in [0.15, 0.2) is 6.10 Å². The van der Waals surface area contributed by atoms with Gasteiger partial charge in [0.05, 0.1) is 0 Å². The van der Waals surface area contributed by atoms with Crippen LogP contribution in [0.1, 0.15) is 32.4 Å². The Hall–Kier alpha value is -0.750. The van der Waals surface area contributed by atoms with Gasteiger partial charge in [-0.15, -0.1) is 0 Å². The molecule has 0 aliphatic heterocycles. The fraction of sp³-hybridized carbons (Fsp3) is 0.538. The van der Waals surface area contributed by atoms with Gasteiger partial charge in [-0.2, -0.15) is 13.2 Å². The third-order valence-corrected chi connectivity index (χ3v) is 3.21. The maximum absolute atomic E-state index is 12.5. The van der Waals surface area contributed by atoms with Crippen molar-refractivity contribution in [2.75, 3.05) is 6.54 Å². The second kappa shape index (κ2) is 6.61. The maximum Gasteiger partial charge on any atom is 0.425 e. The van der Waals surface area contributed by atoms with Crippen molar-refractivity contribution in [3.63, 3.8) is 0 Å². The Bertz CT molecular complexity index is 423. The fourth-order valence-corrected chi connectivity index (χ4v) is 2.02. The van der Waals surface area contributed by atoms with E-state index < -0.39 is 12.3 Å². The third-order valence-electron chi connectivity index (χ3n) is 2.71. The number of nitrogens with one attached hydrogen (secondary N) is 1. The van der Waals surface area contributed by atoms with E-state index in [1.165, 1.54) is 0 Å². The molecule has 0 aliphatic rings. The third kappa shape index (κ3) is 4.69. The fourth-order valence-electron chi connectivity index (χ4n) is 1.64. The molecule has 0 aliphatic carbocycles. The van der Waals surface area contributed by atoms with Crippen molar-refractivity contribution in [2.24, 2.45) is 0 Å².